The van der Waals surface area contributed by atoms with E-state index in [2.05, 4.69) is 48.4 Å². The molecule has 0 aliphatic carbocycles. The molecule has 1 aromatic carbocycles. The molecular formula is C17H22N2O. The van der Waals surface area contributed by atoms with Crippen LogP contribution in [0, 0.1) is 0 Å². The highest BCUT2D eigenvalue weighted by Gasteiger charge is 2.02. The van der Waals surface area contributed by atoms with Gasteiger partial charge in [0.25, 0.3) is 0 Å². The summed E-state index contributed by atoms with van der Waals surface area (Å²) in [5.74, 6) is 0.815. The monoisotopic (exact) mass is 270 g/mol. The number of aromatic nitrogens is 1. The molecule has 1 aromatic heterocycles. The fourth-order valence-electron chi connectivity index (χ4n) is 1.96. The van der Waals surface area contributed by atoms with Crippen LogP contribution < -0.4 is 10.1 Å². The van der Waals surface area contributed by atoms with Gasteiger partial charge in [-0.3, -0.25) is 4.98 Å². The molecule has 1 N–H and O–H groups in total. The van der Waals surface area contributed by atoms with Gasteiger partial charge in [0.2, 0.25) is 0 Å². The van der Waals surface area contributed by atoms with Crippen molar-refractivity contribution in [1.82, 2.24) is 10.3 Å². The maximum atomic E-state index is 5.48. The molecule has 0 saturated heterocycles. The number of hydrogen-bond donors (Lipinski definition) is 1. The highest BCUT2D eigenvalue weighted by molar-refractivity contribution is 5.64. The van der Waals surface area contributed by atoms with Crippen LogP contribution in [0.2, 0.25) is 0 Å². The molecule has 0 aliphatic heterocycles. The average molecular weight is 270 g/mol. The van der Waals surface area contributed by atoms with Gasteiger partial charge in [-0.2, -0.15) is 0 Å². The van der Waals surface area contributed by atoms with Crippen molar-refractivity contribution in [1.29, 1.82) is 0 Å². The number of pyridine rings is 1. The lowest BCUT2D eigenvalue weighted by molar-refractivity contribution is 0.339. The van der Waals surface area contributed by atoms with Crippen LogP contribution in [0.5, 0.6) is 5.75 Å². The summed E-state index contributed by atoms with van der Waals surface area (Å²) in [5, 5.41) is 3.41. The fourth-order valence-corrected chi connectivity index (χ4v) is 1.96. The van der Waals surface area contributed by atoms with Crippen LogP contribution >= 0.6 is 0 Å². The summed E-state index contributed by atoms with van der Waals surface area (Å²) in [7, 11) is 0. The van der Waals surface area contributed by atoms with E-state index in [0.29, 0.717) is 12.6 Å². The van der Waals surface area contributed by atoms with Gasteiger partial charge in [-0.25, -0.2) is 0 Å². The standard InChI is InChI=1S/C17H22N2O/c1-4-20-17-9-16(11-18-12-17)15-7-5-14(6-8-15)10-19-13(2)3/h5-9,11-13,19H,4,10H2,1-3H3. The van der Waals surface area contributed by atoms with Crippen molar-refractivity contribution in [3.05, 3.63) is 48.3 Å². The van der Waals surface area contributed by atoms with E-state index in [-0.39, 0.29) is 0 Å². The second-order valence-electron chi connectivity index (χ2n) is 5.07. The molecule has 20 heavy (non-hydrogen) atoms. The van der Waals surface area contributed by atoms with Gasteiger partial charge >= 0.3 is 0 Å². The molecule has 1 heterocycles. The molecule has 106 valence electrons. The van der Waals surface area contributed by atoms with Gasteiger partial charge in [0, 0.05) is 24.3 Å². The van der Waals surface area contributed by atoms with Gasteiger partial charge < -0.3 is 10.1 Å². The number of ether oxygens (including phenoxy) is 1. The third-order valence-corrected chi connectivity index (χ3v) is 3.03. The first-order chi connectivity index (χ1) is 9.69. The Labute approximate surface area is 121 Å². The Hall–Kier alpha value is -1.87. The first-order valence-corrected chi connectivity index (χ1v) is 7.09. The van der Waals surface area contributed by atoms with Crippen molar-refractivity contribution in [2.24, 2.45) is 0 Å². The summed E-state index contributed by atoms with van der Waals surface area (Å²) >= 11 is 0. The van der Waals surface area contributed by atoms with Crippen LogP contribution in [-0.2, 0) is 6.54 Å². The second kappa shape index (κ2) is 7.06. The zero-order chi connectivity index (χ0) is 14.4. The molecule has 0 fully saturated rings. The van der Waals surface area contributed by atoms with Crippen molar-refractivity contribution in [2.45, 2.75) is 33.4 Å². The molecule has 0 aliphatic rings. The van der Waals surface area contributed by atoms with Crippen molar-refractivity contribution >= 4 is 0 Å². The van der Waals surface area contributed by atoms with E-state index >= 15 is 0 Å². The van der Waals surface area contributed by atoms with Gasteiger partial charge in [0.15, 0.2) is 0 Å². The summed E-state index contributed by atoms with van der Waals surface area (Å²) in [6.45, 7) is 7.84. The van der Waals surface area contributed by atoms with Crippen molar-refractivity contribution in [3.8, 4) is 16.9 Å². The lowest BCUT2D eigenvalue weighted by Gasteiger charge is -2.09. The van der Waals surface area contributed by atoms with Crippen LogP contribution in [0.25, 0.3) is 11.1 Å². The normalized spacial score (nSPS) is 10.8. The molecular weight excluding hydrogens is 248 g/mol. The maximum absolute atomic E-state index is 5.48. The van der Waals surface area contributed by atoms with E-state index in [4.69, 9.17) is 4.74 Å². The van der Waals surface area contributed by atoms with E-state index in [0.717, 1.165) is 23.4 Å². The molecule has 0 amide bonds. The summed E-state index contributed by atoms with van der Waals surface area (Å²) in [6.07, 6.45) is 3.61. The quantitative estimate of drug-likeness (QED) is 0.870. The van der Waals surface area contributed by atoms with E-state index in [1.54, 1.807) is 6.20 Å². The molecule has 0 radical (unpaired) electrons. The minimum Gasteiger partial charge on any atom is -0.492 e. The van der Waals surface area contributed by atoms with E-state index in [9.17, 15) is 0 Å². The maximum Gasteiger partial charge on any atom is 0.138 e. The summed E-state index contributed by atoms with van der Waals surface area (Å²) in [6, 6.07) is 11.1. The molecule has 0 unspecified atom stereocenters. The molecule has 0 atom stereocenters. The molecule has 3 heteroatoms. The fraction of sp³-hybridized carbons (Fsp3) is 0.353. The molecule has 2 rings (SSSR count). The van der Waals surface area contributed by atoms with Gasteiger partial charge in [-0.05, 0) is 24.1 Å². The van der Waals surface area contributed by atoms with E-state index in [1.165, 1.54) is 5.56 Å². The molecule has 3 nitrogen and oxygen atoms in total. The van der Waals surface area contributed by atoms with E-state index < -0.39 is 0 Å². The van der Waals surface area contributed by atoms with Crippen molar-refractivity contribution < 1.29 is 4.74 Å². The summed E-state index contributed by atoms with van der Waals surface area (Å²) in [4.78, 5) is 4.22. The third kappa shape index (κ3) is 4.07. The highest BCUT2D eigenvalue weighted by atomic mass is 16.5. The molecule has 2 aromatic rings. The molecule has 0 spiro atoms. The Balaban J connectivity index is 2.11. The highest BCUT2D eigenvalue weighted by Crippen LogP contribution is 2.23. The Bertz CT molecular complexity index is 535. The van der Waals surface area contributed by atoms with Gasteiger partial charge in [-0.1, -0.05) is 38.1 Å². The van der Waals surface area contributed by atoms with Crippen LogP contribution in [0.1, 0.15) is 26.3 Å². The predicted octanol–water partition coefficient (Wildman–Crippen LogP) is 3.65. The van der Waals surface area contributed by atoms with Crippen LogP contribution in [0.3, 0.4) is 0 Å². The first-order valence-electron chi connectivity index (χ1n) is 7.09. The predicted molar refractivity (Wildman–Crippen MR) is 82.8 cm³/mol. The smallest absolute Gasteiger partial charge is 0.138 e. The van der Waals surface area contributed by atoms with Crippen LogP contribution in [0.15, 0.2) is 42.7 Å². The largest absolute Gasteiger partial charge is 0.492 e. The third-order valence-electron chi connectivity index (χ3n) is 3.03. The zero-order valence-electron chi connectivity index (χ0n) is 12.4. The molecule has 0 saturated carbocycles. The number of hydrogen-bond acceptors (Lipinski definition) is 3. The number of nitrogens with one attached hydrogen (secondary N) is 1. The first kappa shape index (κ1) is 14.5. The minimum absolute atomic E-state index is 0.502. The lowest BCUT2D eigenvalue weighted by atomic mass is 10.1. The summed E-state index contributed by atoms with van der Waals surface area (Å²) < 4.78 is 5.48. The Morgan fingerprint density at radius 1 is 1.10 bits per heavy atom. The van der Waals surface area contributed by atoms with Gasteiger partial charge in [0.1, 0.15) is 5.75 Å². The van der Waals surface area contributed by atoms with Crippen molar-refractivity contribution in [3.63, 3.8) is 0 Å². The average Bonchev–Trinajstić information content (AvgIpc) is 2.46. The number of nitrogens with zero attached hydrogens (tertiary/aromatic N) is 1. The zero-order valence-corrected chi connectivity index (χ0v) is 12.4. The Kier molecular flexibility index (Phi) is 5.13. The van der Waals surface area contributed by atoms with E-state index in [1.807, 2.05) is 19.2 Å². The topological polar surface area (TPSA) is 34.1 Å². The van der Waals surface area contributed by atoms with Crippen LogP contribution in [-0.4, -0.2) is 17.6 Å². The van der Waals surface area contributed by atoms with Gasteiger partial charge in [-0.15, -0.1) is 0 Å². The lowest BCUT2D eigenvalue weighted by Crippen LogP contribution is -2.21. The minimum atomic E-state index is 0.502. The Morgan fingerprint density at radius 2 is 1.85 bits per heavy atom. The van der Waals surface area contributed by atoms with Crippen LogP contribution in [0.4, 0.5) is 0 Å². The SMILES string of the molecule is CCOc1cncc(-c2ccc(CNC(C)C)cc2)c1. The molecule has 0 bridgehead atoms. The van der Waals surface area contributed by atoms with Crippen molar-refractivity contribution in [2.75, 3.05) is 6.61 Å². The second-order valence-corrected chi connectivity index (χ2v) is 5.07. The number of benzene rings is 1. The Morgan fingerprint density at radius 3 is 2.50 bits per heavy atom. The number of rotatable bonds is 6. The summed E-state index contributed by atoms with van der Waals surface area (Å²) in [5.41, 5.74) is 3.53. The van der Waals surface area contributed by atoms with Gasteiger partial charge in [0.05, 0.1) is 12.8 Å².